The van der Waals surface area contributed by atoms with Crippen molar-refractivity contribution >= 4 is 5.97 Å². The predicted octanol–water partition coefficient (Wildman–Crippen LogP) is -0.636. The van der Waals surface area contributed by atoms with E-state index in [4.69, 9.17) is 5.11 Å². The van der Waals surface area contributed by atoms with Gasteiger partial charge in [0.15, 0.2) is 0 Å². The first kappa shape index (κ1) is 16.8. The van der Waals surface area contributed by atoms with E-state index in [-0.39, 0.29) is 5.69 Å². The Hall–Kier alpha value is -1.54. The molecule has 7 heteroatoms. The number of hydrogen-bond acceptors (Lipinski definition) is 6. The Labute approximate surface area is 131 Å². The van der Waals surface area contributed by atoms with Crippen LogP contribution in [-0.2, 0) is 6.54 Å². The summed E-state index contributed by atoms with van der Waals surface area (Å²) < 4.78 is 0. The molecule has 1 aliphatic heterocycles. The molecule has 0 spiro atoms. The van der Waals surface area contributed by atoms with Crippen LogP contribution >= 0.6 is 0 Å². The molecule has 1 fully saturated rings. The highest BCUT2D eigenvalue weighted by molar-refractivity contribution is 5.85. The van der Waals surface area contributed by atoms with Crippen LogP contribution in [0.1, 0.15) is 16.2 Å². The summed E-state index contributed by atoms with van der Waals surface area (Å²) in [4.78, 5) is 17.5. The van der Waals surface area contributed by atoms with E-state index in [0.717, 1.165) is 58.1 Å². The van der Waals surface area contributed by atoms with Gasteiger partial charge in [0.05, 0.1) is 5.69 Å². The maximum atomic E-state index is 11.0. The molecule has 7 nitrogen and oxygen atoms in total. The molecule has 1 aliphatic rings. The number of pyridine rings is 1. The lowest BCUT2D eigenvalue weighted by atomic mass is 10.2. The third-order valence-electron chi connectivity index (χ3n) is 3.58. The number of carboxylic acids is 1. The topological polar surface area (TPSA) is 89.5 Å². The van der Waals surface area contributed by atoms with E-state index in [1.54, 1.807) is 6.07 Å². The standard InChI is InChI=1S/C15H25N5O2/c21-15(22)14-3-1-2-13(19-14)12-20-10-8-17-6-4-16-5-7-18-9-11-20/h1-3,16-18H,4-12H2,(H,21,22). The van der Waals surface area contributed by atoms with Crippen molar-refractivity contribution in [2.75, 3.05) is 52.4 Å². The van der Waals surface area contributed by atoms with Crippen LogP contribution < -0.4 is 16.0 Å². The normalized spacial score (nSPS) is 19.1. The van der Waals surface area contributed by atoms with E-state index in [1.165, 1.54) is 6.07 Å². The second kappa shape index (κ2) is 9.47. The number of aromatic carboxylic acids is 1. The SMILES string of the molecule is O=C(O)c1cccc(CN2CCNCCNCCNCC2)n1. The summed E-state index contributed by atoms with van der Waals surface area (Å²) in [5.41, 5.74) is 0.905. The molecule has 0 aliphatic carbocycles. The van der Waals surface area contributed by atoms with E-state index in [2.05, 4.69) is 25.8 Å². The Kier molecular flexibility index (Phi) is 7.24. The van der Waals surface area contributed by atoms with Gasteiger partial charge < -0.3 is 21.1 Å². The molecule has 2 heterocycles. The van der Waals surface area contributed by atoms with Crippen LogP contribution in [0.25, 0.3) is 0 Å². The van der Waals surface area contributed by atoms with Crippen molar-refractivity contribution < 1.29 is 9.90 Å². The van der Waals surface area contributed by atoms with E-state index in [0.29, 0.717) is 6.54 Å². The average molecular weight is 307 g/mol. The predicted molar refractivity (Wildman–Crippen MR) is 85.1 cm³/mol. The largest absolute Gasteiger partial charge is 0.477 e. The molecule has 122 valence electrons. The van der Waals surface area contributed by atoms with Gasteiger partial charge in [0.25, 0.3) is 0 Å². The van der Waals surface area contributed by atoms with Crippen LogP contribution in [0.4, 0.5) is 0 Å². The Morgan fingerprint density at radius 3 is 2.23 bits per heavy atom. The molecule has 1 aromatic rings. The quantitative estimate of drug-likeness (QED) is 0.591. The average Bonchev–Trinajstić information content (AvgIpc) is 2.50. The van der Waals surface area contributed by atoms with Gasteiger partial charge in [0.1, 0.15) is 5.69 Å². The lowest BCUT2D eigenvalue weighted by Crippen LogP contribution is -2.41. The number of rotatable bonds is 3. The second-order valence-electron chi connectivity index (χ2n) is 5.35. The van der Waals surface area contributed by atoms with Crippen LogP contribution in [0.5, 0.6) is 0 Å². The Morgan fingerprint density at radius 1 is 1.05 bits per heavy atom. The summed E-state index contributed by atoms with van der Waals surface area (Å²) in [6.07, 6.45) is 0. The second-order valence-corrected chi connectivity index (χ2v) is 5.35. The van der Waals surface area contributed by atoms with Crippen LogP contribution in [0.15, 0.2) is 18.2 Å². The highest BCUT2D eigenvalue weighted by Gasteiger charge is 2.10. The number of nitrogens with zero attached hydrogens (tertiary/aromatic N) is 2. The number of nitrogens with one attached hydrogen (secondary N) is 3. The van der Waals surface area contributed by atoms with Crippen LogP contribution in [0.2, 0.25) is 0 Å². The van der Waals surface area contributed by atoms with Crippen LogP contribution in [0, 0.1) is 0 Å². The minimum absolute atomic E-state index is 0.106. The molecule has 4 N–H and O–H groups in total. The first-order valence-electron chi connectivity index (χ1n) is 7.79. The molecule has 0 amide bonds. The van der Waals surface area contributed by atoms with Gasteiger partial charge in [-0.25, -0.2) is 9.78 Å². The fraction of sp³-hybridized carbons (Fsp3) is 0.600. The van der Waals surface area contributed by atoms with Crippen molar-refractivity contribution in [3.8, 4) is 0 Å². The summed E-state index contributed by atoms with van der Waals surface area (Å²) in [5, 5.41) is 19.2. The summed E-state index contributed by atoms with van der Waals surface area (Å²) in [7, 11) is 0. The van der Waals surface area contributed by atoms with Crippen LogP contribution in [0.3, 0.4) is 0 Å². The minimum atomic E-state index is -0.980. The third kappa shape index (κ3) is 6.07. The lowest BCUT2D eigenvalue weighted by Gasteiger charge is -2.23. The van der Waals surface area contributed by atoms with Gasteiger partial charge in [-0.3, -0.25) is 4.90 Å². The molecule has 22 heavy (non-hydrogen) atoms. The van der Waals surface area contributed by atoms with Crippen molar-refractivity contribution in [1.82, 2.24) is 25.8 Å². The van der Waals surface area contributed by atoms with Gasteiger partial charge >= 0.3 is 5.97 Å². The maximum Gasteiger partial charge on any atom is 0.354 e. The monoisotopic (exact) mass is 307 g/mol. The van der Waals surface area contributed by atoms with Gasteiger partial charge in [0.2, 0.25) is 0 Å². The fourth-order valence-corrected chi connectivity index (χ4v) is 2.39. The van der Waals surface area contributed by atoms with Crippen molar-refractivity contribution in [2.45, 2.75) is 6.54 Å². The van der Waals surface area contributed by atoms with E-state index >= 15 is 0 Å². The molecule has 0 aromatic carbocycles. The molecule has 0 atom stereocenters. The first-order chi connectivity index (χ1) is 10.8. The van der Waals surface area contributed by atoms with Gasteiger partial charge in [-0.15, -0.1) is 0 Å². The van der Waals surface area contributed by atoms with Crippen molar-refractivity contribution in [3.63, 3.8) is 0 Å². The molecule has 1 aromatic heterocycles. The third-order valence-corrected chi connectivity index (χ3v) is 3.58. The van der Waals surface area contributed by atoms with Gasteiger partial charge in [0, 0.05) is 58.9 Å². The van der Waals surface area contributed by atoms with Crippen molar-refractivity contribution in [1.29, 1.82) is 0 Å². The molecule has 0 saturated carbocycles. The summed E-state index contributed by atoms with van der Waals surface area (Å²) in [6, 6.07) is 5.16. The maximum absolute atomic E-state index is 11.0. The van der Waals surface area contributed by atoms with Crippen molar-refractivity contribution in [2.24, 2.45) is 0 Å². The van der Waals surface area contributed by atoms with Crippen LogP contribution in [-0.4, -0.2) is 73.3 Å². The number of hydrogen-bond donors (Lipinski definition) is 4. The smallest absolute Gasteiger partial charge is 0.354 e. The summed E-state index contributed by atoms with van der Waals surface area (Å²) >= 11 is 0. The summed E-state index contributed by atoms with van der Waals surface area (Å²) in [6.45, 7) is 8.21. The molecule has 2 rings (SSSR count). The number of carbonyl (C=O) groups is 1. The zero-order valence-electron chi connectivity index (χ0n) is 12.8. The number of carboxylic acid groups (broad SMARTS) is 1. The molecule has 1 saturated heterocycles. The fourth-order valence-electron chi connectivity index (χ4n) is 2.39. The van der Waals surface area contributed by atoms with Gasteiger partial charge in [-0.05, 0) is 12.1 Å². The Balaban J connectivity index is 1.91. The molecule has 0 unspecified atom stereocenters. The van der Waals surface area contributed by atoms with E-state index in [9.17, 15) is 4.79 Å². The van der Waals surface area contributed by atoms with Gasteiger partial charge in [-0.1, -0.05) is 6.07 Å². The first-order valence-corrected chi connectivity index (χ1v) is 7.79. The highest BCUT2D eigenvalue weighted by atomic mass is 16.4. The lowest BCUT2D eigenvalue weighted by molar-refractivity contribution is 0.0690. The number of aromatic nitrogens is 1. The highest BCUT2D eigenvalue weighted by Crippen LogP contribution is 2.04. The molecule has 0 bridgehead atoms. The molecular weight excluding hydrogens is 282 g/mol. The Morgan fingerprint density at radius 2 is 1.64 bits per heavy atom. The minimum Gasteiger partial charge on any atom is -0.477 e. The van der Waals surface area contributed by atoms with Gasteiger partial charge in [-0.2, -0.15) is 0 Å². The zero-order valence-corrected chi connectivity index (χ0v) is 12.8. The molecule has 0 radical (unpaired) electrons. The molecular formula is C15H25N5O2. The van der Waals surface area contributed by atoms with E-state index in [1.807, 2.05) is 6.07 Å². The zero-order chi connectivity index (χ0) is 15.6. The van der Waals surface area contributed by atoms with Crippen molar-refractivity contribution in [3.05, 3.63) is 29.6 Å². The van der Waals surface area contributed by atoms with E-state index < -0.39 is 5.97 Å². The Bertz CT molecular complexity index is 457. The summed E-state index contributed by atoms with van der Waals surface area (Å²) in [5.74, 6) is -0.980.